The van der Waals surface area contributed by atoms with Gasteiger partial charge in [-0.05, 0) is 43.3 Å². The number of piperazine rings is 1. The molecule has 0 bridgehead atoms. The van der Waals surface area contributed by atoms with Gasteiger partial charge in [0, 0.05) is 49.1 Å². The van der Waals surface area contributed by atoms with Crippen molar-refractivity contribution >= 4 is 34.1 Å². The highest BCUT2D eigenvalue weighted by atomic mass is 19.1. The highest BCUT2D eigenvalue weighted by Gasteiger charge is 2.19. The molecule has 8 nitrogen and oxygen atoms in total. The molecule has 1 amide bonds. The first-order valence-electron chi connectivity index (χ1n) is 11.7. The number of likely N-dealkylation sites (N-methyl/N-ethyl adjacent to an activating group) is 1. The molecule has 2 aromatic carbocycles. The van der Waals surface area contributed by atoms with Crippen molar-refractivity contribution < 1.29 is 9.18 Å². The van der Waals surface area contributed by atoms with Crippen LogP contribution in [0.3, 0.4) is 0 Å². The maximum Gasteiger partial charge on any atom is 0.250 e. The number of para-hydroxylation sites is 1. The SMILES string of the molecule is CCN1CCN(c2ccc(Nc3ncc(F)c(-n4cc(C(N)=O)c5ccccc54)n3)cc2C)CC1. The topological polar surface area (TPSA) is 92.3 Å². The minimum atomic E-state index is -0.606. The molecule has 0 saturated carbocycles. The van der Waals surface area contributed by atoms with Crippen molar-refractivity contribution in [2.24, 2.45) is 5.73 Å². The van der Waals surface area contributed by atoms with Gasteiger partial charge in [0.15, 0.2) is 11.6 Å². The van der Waals surface area contributed by atoms with Crippen LogP contribution in [0.1, 0.15) is 22.8 Å². The number of nitrogens with one attached hydrogen (secondary N) is 1. The number of primary amides is 1. The van der Waals surface area contributed by atoms with E-state index < -0.39 is 11.7 Å². The van der Waals surface area contributed by atoms with E-state index in [1.54, 1.807) is 18.2 Å². The molecule has 35 heavy (non-hydrogen) atoms. The van der Waals surface area contributed by atoms with Crippen molar-refractivity contribution in [1.82, 2.24) is 19.4 Å². The lowest BCUT2D eigenvalue weighted by Crippen LogP contribution is -2.46. The van der Waals surface area contributed by atoms with Crippen molar-refractivity contribution in [2.75, 3.05) is 42.9 Å². The van der Waals surface area contributed by atoms with Gasteiger partial charge in [0.1, 0.15) is 0 Å². The summed E-state index contributed by atoms with van der Waals surface area (Å²) in [7, 11) is 0. The Balaban J connectivity index is 1.42. The third-order valence-corrected chi connectivity index (χ3v) is 6.54. The van der Waals surface area contributed by atoms with Crippen molar-refractivity contribution in [3.05, 3.63) is 71.8 Å². The summed E-state index contributed by atoms with van der Waals surface area (Å²) in [6, 6.07) is 13.3. The predicted molar refractivity (Wildman–Crippen MR) is 136 cm³/mol. The number of hydrogen-bond donors (Lipinski definition) is 2. The number of carbonyl (C=O) groups excluding carboxylic acids is 1. The Labute approximate surface area is 203 Å². The zero-order valence-corrected chi connectivity index (χ0v) is 19.8. The van der Waals surface area contributed by atoms with Gasteiger partial charge in [0.05, 0.1) is 17.3 Å². The summed E-state index contributed by atoms with van der Waals surface area (Å²) in [6.45, 7) is 9.49. The number of halogens is 1. The van der Waals surface area contributed by atoms with E-state index in [2.05, 4.69) is 45.0 Å². The monoisotopic (exact) mass is 473 g/mol. The molecule has 9 heteroatoms. The molecule has 5 rings (SSSR count). The average Bonchev–Trinajstić information content (AvgIpc) is 3.25. The second-order valence-electron chi connectivity index (χ2n) is 8.71. The van der Waals surface area contributed by atoms with Gasteiger partial charge in [0.2, 0.25) is 5.95 Å². The third-order valence-electron chi connectivity index (χ3n) is 6.54. The number of benzene rings is 2. The zero-order valence-electron chi connectivity index (χ0n) is 19.8. The number of nitrogens with two attached hydrogens (primary N) is 1. The van der Waals surface area contributed by atoms with Gasteiger partial charge in [0.25, 0.3) is 5.91 Å². The fourth-order valence-corrected chi connectivity index (χ4v) is 4.66. The lowest BCUT2D eigenvalue weighted by atomic mass is 10.1. The molecular weight excluding hydrogens is 445 g/mol. The summed E-state index contributed by atoms with van der Waals surface area (Å²) in [5.74, 6) is -0.902. The summed E-state index contributed by atoms with van der Waals surface area (Å²) < 4.78 is 16.3. The van der Waals surface area contributed by atoms with Crippen LogP contribution in [0.4, 0.5) is 21.7 Å². The Bertz CT molecular complexity index is 1390. The van der Waals surface area contributed by atoms with E-state index in [-0.39, 0.29) is 11.8 Å². The summed E-state index contributed by atoms with van der Waals surface area (Å²) in [5, 5.41) is 3.82. The number of amides is 1. The van der Waals surface area contributed by atoms with E-state index >= 15 is 0 Å². The first kappa shape index (κ1) is 22.8. The minimum Gasteiger partial charge on any atom is -0.369 e. The van der Waals surface area contributed by atoms with Crippen molar-refractivity contribution in [2.45, 2.75) is 13.8 Å². The molecular formula is C26H28FN7O. The largest absolute Gasteiger partial charge is 0.369 e. The molecule has 0 spiro atoms. The fraction of sp³-hybridized carbons (Fsp3) is 0.269. The molecule has 1 aliphatic heterocycles. The number of rotatable bonds is 6. The minimum absolute atomic E-state index is 0.0355. The average molecular weight is 474 g/mol. The van der Waals surface area contributed by atoms with E-state index in [1.165, 1.54) is 16.5 Å². The molecule has 0 unspecified atom stereocenters. The van der Waals surface area contributed by atoms with Crippen LogP contribution < -0.4 is 16.0 Å². The van der Waals surface area contributed by atoms with Gasteiger partial charge in [-0.3, -0.25) is 9.36 Å². The molecule has 180 valence electrons. The van der Waals surface area contributed by atoms with Crippen LogP contribution in [-0.2, 0) is 0 Å². The Kier molecular flexibility index (Phi) is 6.08. The highest BCUT2D eigenvalue weighted by molar-refractivity contribution is 6.06. The number of fused-ring (bicyclic) bond motifs is 1. The Morgan fingerprint density at radius 2 is 1.91 bits per heavy atom. The molecule has 1 fully saturated rings. The van der Waals surface area contributed by atoms with Crippen LogP contribution in [0.15, 0.2) is 54.9 Å². The van der Waals surface area contributed by atoms with Crippen LogP contribution in [0.5, 0.6) is 0 Å². The van der Waals surface area contributed by atoms with E-state index in [1.807, 2.05) is 18.2 Å². The maximum absolute atomic E-state index is 14.8. The molecule has 4 aromatic rings. The molecule has 1 aliphatic rings. The quantitative estimate of drug-likeness (QED) is 0.442. The van der Waals surface area contributed by atoms with Crippen LogP contribution >= 0.6 is 0 Å². The van der Waals surface area contributed by atoms with Gasteiger partial charge >= 0.3 is 0 Å². The molecule has 1 saturated heterocycles. The van der Waals surface area contributed by atoms with E-state index in [9.17, 15) is 9.18 Å². The third kappa shape index (κ3) is 4.42. The van der Waals surface area contributed by atoms with Gasteiger partial charge < -0.3 is 20.9 Å². The standard InChI is InChI=1S/C26H28FN7O/c1-3-32-10-12-33(13-11-32)22-9-8-18(14-17(22)2)30-26-29-15-21(27)25(31-26)34-16-20(24(28)35)19-6-4-5-7-23(19)34/h4-9,14-16H,3,10-13H2,1-2H3,(H2,28,35)(H,29,30,31). The molecule has 2 aromatic heterocycles. The van der Waals surface area contributed by atoms with Gasteiger partial charge in [-0.2, -0.15) is 4.98 Å². The van der Waals surface area contributed by atoms with Gasteiger partial charge in [-0.1, -0.05) is 25.1 Å². The fourth-order valence-electron chi connectivity index (χ4n) is 4.66. The number of aryl methyl sites for hydroxylation is 1. The van der Waals surface area contributed by atoms with Crippen molar-refractivity contribution in [3.8, 4) is 5.82 Å². The van der Waals surface area contributed by atoms with E-state index in [0.29, 0.717) is 16.5 Å². The van der Waals surface area contributed by atoms with Crippen LogP contribution in [0, 0.1) is 12.7 Å². The number of nitrogens with zero attached hydrogens (tertiary/aromatic N) is 5. The second-order valence-corrected chi connectivity index (χ2v) is 8.71. The second kappa shape index (κ2) is 9.34. The number of hydrogen-bond acceptors (Lipinski definition) is 6. The van der Waals surface area contributed by atoms with Gasteiger partial charge in [-0.15, -0.1) is 0 Å². The summed E-state index contributed by atoms with van der Waals surface area (Å²) in [4.78, 5) is 25.3. The van der Waals surface area contributed by atoms with Crippen molar-refractivity contribution in [3.63, 3.8) is 0 Å². The van der Waals surface area contributed by atoms with Crippen molar-refractivity contribution in [1.29, 1.82) is 0 Å². The molecule has 0 atom stereocenters. The molecule has 3 N–H and O–H groups in total. The summed E-state index contributed by atoms with van der Waals surface area (Å²) in [6.07, 6.45) is 2.64. The summed E-state index contributed by atoms with van der Waals surface area (Å²) in [5.41, 5.74) is 9.64. The van der Waals surface area contributed by atoms with Crippen LogP contribution in [0.25, 0.3) is 16.7 Å². The Hall–Kier alpha value is -3.98. The van der Waals surface area contributed by atoms with Crippen LogP contribution in [0.2, 0.25) is 0 Å². The summed E-state index contributed by atoms with van der Waals surface area (Å²) >= 11 is 0. The Morgan fingerprint density at radius 3 is 2.63 bits per heavy atom. The van der Waals surface area contributed by atoms with Crippen LogP contribution in [-0.4, -0.2) is 58.1 Å². The normalized spacial score (nSPS) is 14.4. The zero-order chi connectivity index (χ0) is 24.5. The lowest BCUT2D eigenvalue weighted by molar-refractivity contribution is 0.100. The lowest BCUT2D eigenvalue weighted by Gasteiger charge is -2.36. The van der Waals surface area contributed by atoms with E-state index in [4.69, 9.17) is 5.73 Å². The highest BCUT2D eigenvalue weighted by Crippen LogP contribution is 2.28. The number of aromatic nitrogens is 3. The molecule has 0 radical (unpaired) electrons. The number of anilines is 3. The van der Waals surface area contributed by atoms with Gasteiger partial charge in [-0.25, -0.2) is 9.37 Å². The predicted octanol–water partition coefficient (Wildman–Crippen LogP) is 3.85. The molecule has 3 heterocycles. The first-order chi connectivity index (χ1) is 16.9. The number of carbonyl (C=O) groups is 1. The first-order valence-corrected chi connectivity index (χ1v) is 11.7. The Morgan fingerprint density at radius 1 is 1.14 bits per heavy atom. The smallest absolute Gasteiger partial charge is 0.250 e. The maximum atomic E-state index is 14.8. The molecule has 0 aliphatic carbocycles. The van der Waals surface area contributed by atoms with E-state index in [0.717, 1.165) is 50.2 Å².